The molecule has 23 heavy (non-hydrogen) atoms. The molecule has 0 bridgehead atoms. The molecule has 2 saturated heterocycles. The molecule has 1 aromatic carbocycles. The van der Waals surface area contributed by atoms with Crippen molar-refractivity contribution in [2.24, 2.45) is 0 Å². The molecule has 0 aliphatic carbocycles. The third-order valence-corrected chi connectivity index (χ3v) is 5.14. The standard InChI is InChI=1S/C18H26ClN3O/c19-15-6-3-5-14(11-15)17(22-9-1-2-10-22)13-21-18(23)12-16-7-4-8-20-16/h3,5-6,11,16-17,20H,1-2,4,7-10,12-13H2,(H,21,23). The topological polar surface area (TPSA) is 44.4 Å². The third-order valence-electron chi connectivity index (χ3n) is 4.90. The number of carbonyl (C=O) groups excluding carboxylic acids is 1. The van der Waals surface area contributed by atoms with Crippen molar-refractivity contribution in [3.05, 3.63) is 34.9 Å². The maximum absolute atomic E-state index is 12.2. The zero-order valence-corrected chi connectivity index (χ0v) is 14.3. The van der Waals surface area contributed by atoms with Gasteiger partial charge in [0.2, 0.25) is 5.91 Å². The van der Waals surface area contributed by atoms with E-state index in [9.17, 15) is 4.79 Å². The van der Waals surface area contributed by atoms with Crippen LogP contribution in [0.5, 0.6) is 0 Å². The second-order valence-electron chi connectivity index (χ2n) is 6.62. The van der Waals surface area contributed by atoms with E-state index in [1.807, 2.05) is 18.2 Å². The highest BCUT2D eigenvalue weighted by atomic mass is 35.5. The molecule has 2 N–H and O–H groups in total. The highest BCUT2D eigenvalue weighted by Crippen LogP contribution is 2.26. The second-order valence-corrected chi connectivity index (χ2v) is 7.05. The molecule has 2 aliphatic rings. The number of rotatable bonds is 6. The van der Waals surface area contributed by atoms with E-state index in [0.717, 1.165) is 31.1 Å². The molecule has 126 valence electrons. The first-order valence-corrected chi connectivity index (χ1v) is 9.10. The number of hydrogen-bond donors (Lipinski definition) is 2. The van der Waals surface area contributed by atoms with Crippen LogP contribution in [0.15, 0.2) is 24.3 Å². The Morgan fingerprint density at radius 1 is 1.35 bits per heavy atom. The summed E-state index contributed by atoms with van der Waals surface area (Å²) in [6.07, 6.45) is 5.34. The predicted octanol–water partition coefficient (Wildman–Crippen LogP) is 2.74. The molecular weight excluding hydrogens is 310 g/mol. The molecule has 2 unspecified atom stereocenters. The van der Waals surface area contributed by atoms with E-state index in [4.69, 9.17) is 11.6 Å². The summed E-state index contributed by atoms with van der Waals surface area (Å²) < 4.78 is 0. The highest BCUT2D eigenvalue weighted by Gasteiger charge is 2.25. The Morgan fingerprint density at radius 3 is 2.87 bits per heavy atom. The fraction of sp³-hybridized carbons (Fsp3) is 0.611. The highest BCUT2D eigenvalue weighted by molar-refractivity contribution is 6.30. The summed E-state index contributed by atoms with van der Waals surface area (Å²) in [6.45, 7) is 3.89. The summed E-state index contributed by atoms with van der Waals surface area (Å²) in [7, 11) is 0. The number of hydrogen-bond acceptors (Lipinski definition) is 3. The lowest BCUT2D eigenvalue weighted by molar-refractivity contribution is -0.121. The van der Waals surface area contributed by atoms with Gasteiger partial charge in [0.25, 0.3) is 0 Å². The Morgan fingerprint density at radius 2 is 2.17 bits per heavy atom. The number of nitrogens with one attached hydrogen (secondary N) is 2. The zero-order chi connectivity index (χ0) is 16.1. The molecule has 2 fully saturated rings. The van der Waals surface area contributed by atoms with E-state index in [-0.39, 0.29) is 11.9 Å². The normalized spacial score (nSPS) is 23.1. The van der Waals surface area contributed by atoms with Gasteiger partial charge in [-0.2, -0.15) is 0 Å². The Kier molecular flexibility index (Phi) is 5.92. The number of benzene rings is 1. The molecule has 0 saturated carbocycles. The molecule has 3 rings (SSSR count). The number of amides is 1. The van der Waals surface area contributed by atoms with Crippen molar-refractivity contribution >= 4 is 17.5 Å². The fourth-order valence-electron chi connectivity index (χ4n) is 3.66. The van der Waals surface area contributed by atoms with E-state index < -0.39 is 0 Å². The first-order valence-electron chi connectivity index (χ1n) is 8.72. The van der Waals surface area contributed by atoms with Crippen molar-refractivity contribution in [3.8, 4) is 0 Å². The molecule has 0 aromatic heterocycles. The smallest absolute Gasteiger partial charge is 0.221 e. The van der Waals surface area contributed by atoms with Crippen LogP contribution in [0.25, 0.3) is 0 Å². The molecular formula is C18H26ClN3O. The van der Waals surface area contributed by atoms with Gasteiger partial charge in [-0.3, -0.25) is 9.69 Å². The lowest BCUT2D eigenvalue weighted by Gasteiger charge is -2.28. The maximum atomic E-state index is 12.2. The Hall–Kier alpha value is -1.10. The van der Waals surface area contributed by atoms with Gasteiger partial charge in [0.05, 0.1) is 6.04 Å². The summed E-state index contributed by atoms with van der Waals surface area (Å²) in [6, 6.07) is 8.60. The molecule has 2 aliphatic heterocycles. The molecule has 1 amide bonds. The molecule has 1 aromatic rings. The van der Waals surface area contributed by atoms with Crippen LogP contribution in [0, 0.1) is 0 Å². The van der Waals surface area contributed by atoms with Gasteiger partial charge in [-0.15, -0.1) is 0 Å². The third kappa shape index (κ3) is 4.69. The fourth-order valence-corrected chi connectivity index (χ4v) is 3.86. The number of likely N-dealkylation sites (tertiary alicyclic amines) is 1. The van der Waals surface area contributed by atoms with Gasteiger partial charge in [-0.1, -0.05) is 23.7 Å². The van der Waals surface area contributed by atoms with Gasteiger partial charge in [-0.25, -0.2) is 0 Å². The molecule has 0 radical (unpaired) electrons. The van der Waals surface area contributed by atoms with E-state index in [1.54, 1.807) is 0 Å². The van der Waals surface area contributed by atoms with E-state index >= 15 is 0 Å². The summed E-state index contributed by atoms with van der Waals surface area (Å²) in [4.78, 5) is 14.7. The largest absolute Gasteiger partial charge is 0.354 e. The van der Waals surface area contributed by atoms with E-state index in [2.05, 4.69) is 21.6 Å². The maximum Gasteiger partial charge on any atom is 0.221 e. The lowest BCUT2D eigenvalue weighted by atomic mass is 10.1. The Labute approximate surface area is 143 Å². The van der Waals surface area contributed by atoms with E-state index in [0.29, 0.717) is 19.0 Å². The van der Waals surface area contributed by atoms with Crippen LogP contribution < -0.4 is 10.6 Å². The average molecular weight is 336 g/mol. The van der Waals surface area contributed by atoms with Gasteiger partial charge >= 0.3 is 0 Å². The van der Waals surface area contributed by atoms with E-state index in [1.165, 1.54) is 24.8 Å². The van der Waals surface area contributed by atoms with Crippen molar-refractivity contribution in [2.75, 3.05) is 26.2 Å². The number of nitrogens with zero attached hydrogens (tertiary/aromatic N) is 1. The first kappa shape index (κ1) is 16.7. The molecule has 0 spiro atoms. The summed E-state index contributed by atoms with van der Waals surface area (Å²) in [5.74, 6) is 0.149. The second kappa shape index (κ2) is 8.13. The number of halogens is 1. The lowest BCUT2D eigenvalue weighted by Crippen LogP contribution is -2.38. The zero-order valence-electron chi connectivity index (χ0n) is 13.6. The molecule has 2 atom stereocenters. The minimum Gasteiger partial charge on any atom is -0.354 e. The minimum atomic E-state index is 0.149. The Bertz CT molecular complexity index is 525. The first-order chi connectivity index (χ1) is 11.2. The summed E-state index contributed by atoms with van der Waals surface area (Å²) in [5.41, 5.74) is 1.19. The van der Waals surface area contributed by atoms with Crippen LogP contribution in [0.4, 0.5) is 0 Å². The SMILES string of the molecule is O=C(CC1CCCN1)NCC(c1cccc(Cl)c1)N1CCCC1. The van der Waals surface area contributed by atoms with Crippen molar-refractivity contribution in [2.45, 2.75) is 44.2 Å². The summed E-state index contributed by atoms with van der Waals surface area (Å²) >= 11 is 6.16. The van der Waals surface area contributed by atoms with Gasteiger partial charge in [-0.05, 0) is 63.0 Å². The van der Waals surface area contributed by atoms with Gasteiger partial charge in [0.1, 0.15) is 0 Å². The number of carbonyl (C=O) groups is 1. The van der Waals surface area contributed by atoms with Crippen molar-refractivity contribution in [1.82, 2.24) is 15.5 Å². The quantitative estimate of drug-likeness (QED) is 0.840. The van der Waals surface area contributed by atoms with Gasteiger partial charge in [0.15, 0.2) is 0 Å². The predicted molar refractivity (Wildman–Crippen MR) is 93.7 cm³/mol. The van der Waals surface area contributed by atoms with Crippen LogP contribution in [0.1, 0.15) is 43.7 Å². The van der Waals surface area contributed by atoms with Crippen molar-refractivity contribution < 1.29 is 4.79 Å². The minimum absolute atomic E-state index is 0.149. The molecule has 4 nitrogen and oxygen atoms in total. The molecule has 2 heterocycles. The van der Waals surface area contributed by atoms with Crippen LogP contribution in [-0.2, 0) is 4.79 Å². The van der Waals surface area contributed by atoms with Crippen LogP contribution >= 0.6 is 11.6 Å². The monoisotopic (exact) mass is 335 g/mol. The summed E-state index contributed by atoms with van der Waals surface area (Å²) in [5, 5.41) is 7.28. The van der Waals surface area contributed by atoms with Crippen molar-refractivity contribution in [1.29, 1.82) is 0 Å². The van der Waals surface area contributed by atoms with Gasteiger partial charge < -0.3 is 10.6 Å². The van der Waals surface area contributed by atoms with Crippen molar-refractivity contribution in [3.63, 3.8) is 0 Å². The van der Waals surface area contributed by atoms with Crippen LogP contribution in [0.3, 0.4) is 0 Å². The molecule has 5 heteroatoms. The van der Waals surface area contributed by atoms with Crippen LogP contribution in [0.2, 0.25) is 5.02 Å². The Balaban J connectivity index is 1.60. The van der Waals surface area contributed by atoms with Crippen LogP contribution in [-0.4, -0.2) is 43.0 Å². The average Bonchev–Trinajstić information content (AvgIpc) is 3.21. The van der Waals surface area contributed by atoms with Gasteiger partial charge in [0, 0.05) is 24.0 Å².